The molecular weight excluding hydrogens is 170 g/mol. The predicted octanol–water partition coefficient (Wildman–Crippen LogP) is 1.95. The minimum absolute atomic E-state index is 0.240. The number of rotatable bonds is 0. The summed E-state index contributed by atoms with van der Waals surface area (Å²) in [7, 11) is 0. The highest BCUT2D eigenvalue weighted by molar-refractivity contribution is 7.99. The van der Waals surface area contributed by atoms with Crippen molar-refractivity contribution in [3.63, 3.8) is 0 Å². The highest BCUT2D eigenvalue weighted by Gasteiger charge is 2.16. The minimum Gasteiger partial charge on any atom is -0.399 e. The molecule has 0 amide bonds. The summed E-state index contributed by atoms with van der Waals surface area (Å²) in [6, 6.07) is 5.47. The highest BCUT2D eigenvalue weighted by Crippen LogP contribution is 2.31. The van der Waals surface area contributed by atoms with Crippen molar-refractivity contribution >= 4 is 23.2 Å². The van der Waals surface area contributed by atoms with E-state index in [2.05, 4.69) is 0 Å². The van der Waals surface area contributed by atoms with Crippen LogP contribution in [0.2, 0.25) is 0 Å². The number of thioether (sulfide) groups is 1. The van der Waals surface area contributed by atoms with E-state index in [0.29, 0.717) is 6.42 Å². The summed E-state index contributed by atoms with van der Waals surface area (Å²) in [5, 5.41) is 0. The van der Waals surface area contributed by atoms with Crippen LogP contribution in [0.1, 0.15) is 16.8 Å². The van der Waals surface area contributed by atoms with Crippen molar-refractivity contribution in [1.29, 1.82) is 0 Å². The van der Waals surface area contributed by atoms with Gasteiger partial charge in [0.05, 0.1) is 0 Å². The molecule has 2 N–H and O–H groups in total. The van der Waals surface area contributed by atoms with Crippen molar-refractivity contribution in [2.45, 2.75) is 11.3 Å². The van der Waals surface area contributed by atoms with Crippen molar-refractivity contribution < 1.29 is 4.79 Å². The molecule has 0 bridgehead atoms. The van der Waals surface area contributed by atoms with E-state index >= 15 is 0 Å². The number of anilines is 1. The number of benzene rings is 1. The molecule has 0 saturated carbocycles. The van der Waals surface area contributed by atoms with Gasteiger partial charge in [0.25, 0.3) is 0 Å². The number of carbonyl (C=O) groups excluding carboxylic acids is 1. The maximum atomic E-state index is 11.3. The Hall–Kier alpha value is -0.960. The summed E-state index contributed by atoms with van der Waals surface area (Å²) < 4.78 is 0. The summed E-state index contributed by atoms with van der Waals surface area (Å²) in [5.74, 6) is 1.12. The maximum absolute atomic E-state index is 11.3. The Morgan fingerprint density at radius 3 is 3.08 bits per heavy atom. The molecule has 1 aromatic rings. The number of hydrogen-bond acceptors (Lipinski definition) is 3. The van der Waals surface area contributed by atoms with Crippen molar-refractivity contribution in [3.8, 4) is 0 Å². The summed E-state index contributed by atoms with van der Waals surface area (Å²) in [6.07, 6.45) is 0.654. The van der Waals surface area contributed by atoms with E-state index in [1.165, 1.54) is 0 Å². The number of hydrogen-bond donors (Lipinski definition) is 1. The van der Waals surface area contributed by atoms with Gasteiger partial charge in [-0.2, -0.15) is 0 Å². The lowest BCUT2D eigenvalue weighted by Gasteiger charge is -2.13. The van der Waals surface area contributed by atoms with Gasteiger partial charge in [0.1, 0.15) is 0 Å². The Bertz CT molecular complexity index is 335. The Balaban J connectivity index is 2.53. The SMILES string of the molecule is Nc1ccc2c(c1)SCCC2=O. The summed E-state index contributed by atoms with van der Waals surface area (Å²) in [4.78, 5) is 12.4. The quantitative estimate of drug-likeness (QED) is 0.619. The van der Waals surface area contributed by atoms with Crippen LogP contribution in [-0.4, -0.2) is 11.5 Å². The molecule has 62 valence electrons. The van der Waals surface area contributed by atoms with Crippen molar-refractivity contribution in [3.05, 3.63) is 23.8 Å². The fourth-order valence-electron chi connectivity index (χ4n) is 1.28. The molecular formula is C9H9NOS. The molecule has 0 aromatic heterocycles. The first-order chi connectivity index (χ1) is 5.77. The summed E-state index contributed by atoms with van der Waals surface area (Å²) in [6.45, 7) is 0. The first-order valence-electron chi connectivity index (χ1n) is 3.83. The van der Waals surface area contributed by atoms with E-state index in [1.54, 1.807) is 17.8 Å². The van der Waals surface area contributed by atoms with Crippen LogP contribution < -0.4 is 5.73 Å². The van der Waals surface area contributed by atoms with Gasteiger partial charge in [0, 0.05) is 28.3 Å². The molecule has 0 aliphatic carbocycles. The van der Waals surface area contributed by atoms with Crippen molar-refractivity contribution in [2.75, 3.05) is 11.5 Å². The van der Waals surface area contributed by atoms with Crippen LogP contribution in [0.4, 0.5) is 5.69 Å². The first kappa shape index (κ1) is 7.68. The van der Waals surface area contributed by atoms with Crippen LogP contribution in [-0.2, 0) is 0 Å². The second-order valence-electron chi connectivity index (χ2n) is 2.78. The fourth-order valence-corrected chi connectivity index (χ4v) is 2.34. The van der Waals surface area contributed by atoms with Gasteiger partial charge in [-0.15, -0.1) is 11.8 Å². The predicted molar refractivity (Wildman–Crippen MR) is 50.5 cm³/mol. The zero-order chi connectivity index (χ0) is 8.55. The molecule has 1 aromatic carbocycles. The second-order valence-corrected chi connectivity index (χ2v) is 3.91. The Morgan fingerprint density at radius 1 is 1.42 bits per heavy atom. The Morgan fingerprint density at radius 2 is 2.25 bits per heavy atom. The number of nitrogen functional groups attached to an aromatic ring is 1. The van der Waals surface area contributed by atoms with Crippen LogP contribution in [0, 0.1) is 0 Å². The Kier molecular flexibility index (Phi) is 1.81. The van der Waals surface area contributed by atoms with Crippen LogP contribution in [0.5, 0.6) is 0 Å². The molecule has 0 spiro atoms. The second kappa shape index (κ2) is 2.83. The lowest BCUT2D eigenvalue weighted by atomic mass is 10.1. The molecule has 12 heavy (non-hydrogen) atoms. The minimum atomic E-state index is 0.240. The molecule has 0 radical (unpaired) electrons. The standard InChI is InChI=1S/C9H9NOS/c10-6-1-2-7-8(11)3-4-12-9(7)5-6/h1-2,5H,3-4,10H2. The topological polar surface area (TPSA) is 43.1 Å². The van der Waals surface area contributed by atoms with E-state index in [-0.39, 0.29) is 5.78 Å². The largest absolute Gasteiger partial charge is 0.399 e. The molecule has 1 aliphatic heterocycles. The highest BCUT2D eigenvalue weighted by atomic mass is 32.2. The zero-order valence-corrected chi connectivity index (χ0v) is 7.36. The number of fused-ring (bicyclic) bond motifs is 1. The molecule has 1 heterocycles. The van der Waals surface area contributed by atoms with E-state index in [4.69, 9.17) is 5.73 Å². The summed E-state index contributed by atoms with van der Waals surface area (Å²) in [5.41, 5.74) is 7.17. The van der Waals surface area contributed by atoms with E-state index in [0.717, 1.165) is 21.9 Å². The van der Waals surface area contributed by atoms with E-state index in [1.807, 2.05) is 12.1 Å². The molecule has 0 saturated heterocycles. The van der Waals surface area contributed by atoms with Crippen molar-refractivity contribution in [1.82, 2.24) is 0 Å². The molecule has 2 rings (SSSR count). The van der Waals surface area contributed by atoms with Crippen LogP contribution in [0.15, 0.2) is 23.1 Å². The molecule has 1 aliphatic rings. The van der Waals surface area contributed by atoms with Crippen LogP contribution in [0.3, 0.4) is 0 Å². The third-order valence-corrected chi connectivity index (χ3v) is 2.95. The number of carbonyl (C=O) groups is 1. The molecule has 0 fully saturated rings. The normalized spacial score (nSPS) is 15.8. The fraction of sp³-hybridized carbons (Fsp3) is 0.222. The smallest absolute Gasteiger partial charge is 0.164 e. The lowest BCUT2D eigenvalue weighted by Crippen LogP contribution is -2.08. The third kappa shape index (κ3) is 1.20. The van der Waals surface area contributed by atoms with Crippen LogP contribution in [0.25, 0.3) is 0 Å². The Labute approximate surface area is 75.1 Å². The molecule has 2 nitrogen and oxygen atoms in total. The number of Topliss-reactive ketones (excluding diaryl/α,β-unsaturated/α-hetero) is 1. The number of nitrogens with two attached hydrogens (primary N) is 1. The molecule has 3 heteroatoms. The van der Waals surface area contributed by atoms with Gasteiger partial charge in [-0.05, 0) is 18.2 Å². The van der Waals surface area contributed by atoms with E-state index in [9.17, 15) is 4.79 Å². The van der Waals surface area contributed by atoms with Gasteiger partial charge < -0.3 is 5.73 Å². The van der Waals surface area contributed by atoms with Gasteiger partial charge in [-0.25, -0.2) is 0 Å². The van der Waals surface area contributed by atoms with Crippen LogP contribution >= 0.6 is 11.8 Å². The monoisotopic (exact) mass is 179 g/mol. The van der Waals surface area contributed by atoms with Gasteiger partial charge in [-0.3, -0.25) is 4.79 Å². The maximum Gasteiger partial charge on any atom is 0.164 e. The van der Waals surface area contributed by atoms with E-state index < -0.39 is 0 Å². The molecule has 0 unspecified atom stereocenters. The van der Waals surface area contributed by atoms with Gasteiger partial charge in [-0.1, -0.05) is 0 Å². The first-order valence-corrected chi connectivity index (χ1v) is 4.81. The van der Waals surface area contributed by atoms with Gasteiger partial charge in [0.2, 0.25) is 0 Å². The van der Waals surface area contributed by atoms with Crippen molar-refractivity contribution in [2.24, 2.45) is 0 Å². The molecule has 0 atom stereocenters. The number of ketones is 1. The van der Waals surface area contributed by atoms with Gasteiger partial charge >= 0.3 is 0 Å². The summed E-state index contributed by atoms with van der Waals surface area (Å²) >= 11 is 1.71. The average Bonchev–Trinajstić information content (AvgIpc) is 2.04. The zero-order valence-electron chi connectivity index (χ0n) is 6.54. The lowest BCUT2D eigenvalue weighted by molar-refractivity contribution is 0.0985. The third-order valence-electron chi connectivity index (χ3n) is 1.89. The average molecular weight is 179 g/mol. The van der Waals surface area contributed by atoms with Gasteiger partial charge in [0.15, 0.2) is 5.78 Å².